The Hall–Kier alpha value is -7.39. The lowest BCUT2D eigenvalue weighted by molar-refractivity contribution is 1.13. The van der Waals surface area contributed by atoms with Crippen LogP contribution in [0.2, 0.25) is 0 Å². The van der Waals surface area contributed by atoms with Crippen LogP contribution in [0.3, 0.4) is 0 Å². The lowest BCUT2D eigenvalue weighted by Gasteiger charge is -2.16. The average molecular weight is 636 g/mol. The summed E-state index contributed by atoms with van der Waals surface area (Å²) >= 11 is 0. The molecular weight excluding hydrogens is 611 g/mol. The number of fused-ring (bicyclic) bond motifs is 6. The molecule has 0 spiro atoms. The van der Waals surface area contributed by atoms with Crippen LogP contribution in [-0.4, -0.2) is 9.13 Å². The second kappa shape index (κ2) is 11.4. The number of nitriles is 3. The summed E-state index contributed by atoms with van der Waals surface area (Å²) in [6.07, 6.45) is 0. The fourth-order valence-corrected chi connectivity index (χ4v) is 7.31. The quantitative estimate of drug-likeness (QED) is 0.193. The molecule has 0 N–H and O–H groups in total. The number of benzene rings is 7. The molecule has 0 atom stereocenters. The monoisotopic (exact) mass is 635 g/mol. The Labute approximate surface area is 287 Å². The summed E-state index contributed by atoms with van der Waals surface area (Å²) in [4.78, 5) is 0. The highest BCUT2D eigenvalue weighted by atomic mass is 15.0. The van der Waals surface area contributed by atoms with Gasteiger partial charge in [0.2, 0.25) is 0 Å². The van der Waals surface area contributed by atoms with Gasteiger partial charge in [0.1, 0.15) is 0 Å². The minimum atomic E-state index is 0.566. The molecule has 0 saturated heterocycles. The van der Waals surface area contributed by atoms with Gasteiger partial charge in [-0.05, 0) is 107 Å². The van der Waals surface area contributed by atoms with Crippen molar-refractivity contribution in [2.45, 2.75) is 0 Å². The van der Waals surface area contributed by atoms with Crippen molar-refractivity contribution in [1.29, 1.82) is 15.8 Å². The van der Waals surface area contributed by atoms with E-state index in [1.165, 1.54) is 10.8 Å². The third-order valence-electron chi connectivity index (χ3n) is 9.54. The van der Waals surface area contributed by atoms with E-state index in [1.54, 1.807) is 0 Å². The predicted molar refractivity (Wildman–Crippen MR) is 200 cm³/mol. The molecule has 5 nitrogen and oxygen atoms in total. The summed E-state index contributed by atoms with van der Waals surface area (Å²) in [6.45, 7) is 0. The van der Waals surface area contributed by atoms with Crippen LogP contribution in [0, 0.1) is 34.0 Å². The third-order valence-corrected chi connectivity index (χ3v) is 9.54. The molecule has 0 bridgehead atoms. The van der Waals surface area contributed by atoms with E-state index in [-0.39, 0.29) is 0 Å². The zero-order valence-corrected chi connectivity index (χ0v) is 26.7. The van der Waals surface area contributed by atoms with Crippen molar-refractivity contribution in [2.24, 2.45) is 0 Å². The number of hydrogen-bond donors (Lipinski definition) is 0. The van der Waals surface area contributed by atoms with Gasteiger partial charge in [0.15, 0.2) is 0 Å². The van der Waals surface area contributed by atoms with Crippen LogP contribution in [0.1, 0.15) is 16.7 Å². The van der Waals surface area contributed by atoms with Crippen molar-refractivity contribution in [1.82, 2.24) is 9.13 Å². The first-order valence-corrected chi connectivity index (χ1v) is 16.3. The van der Waals surface area contributed by atoms with Crippen LogP contribution in [0.15, 0.2) is 152 Å². The molecule has 2 aromatic heterocycles. The van der Waals surface area contributed by atoms with Crippen molar-refractivity contribution in [3.8, 4) is 51.8 Å². The minimum Gasteiger partial charge on any atom is -0.309 e. The van der Waals surface area contributed by atoms with Gasteiger partial charge in [0.05, 0.1) is 57.0 Å². The van der Waals surface area contributed by atoms with Crippen LogP contribution < -0.4 is 0 Å². The van der Waals surface area contributed by atoms with E-state index in [1.807, 2.05) is 60.7 Å². The summed E-state index contributed by atoms with van der Waals surface area (Å²) in [6, 6.07) is 58.1. The molecule has 7 aromatic carbocycles. The van der Waals surface area contributed by atoms with Crippen LogP contribution in [-0.2, 0) is 0 Å². The standard InChI is InChI=1S/C45H25N5/c46-26-29-7-5-8-32(19-29)33-9-6-10-34(22-33)35-23-36(49-42-13-3-1-11-38(42)39-12-2-4-14-43(39)49)25-37(24-35)50-44-17-15-30(27-47)20-40(44)41-21-31(28-48)16-18-45(41)50/h1-25H. The Morgan fingerprint density at radius 2 is 0.760 bits per heavy atom. The van der Waals surface area contributed by atoms with E-state index in [2.05, 4.69) is 118 Å². The first-order chi connectivity index (χ1) is 24.6. The zero-order valence-electron chi connectivity index (χ0n) is 26.7. The molecule has 0 fully saturated rings. The maximum absolute atomic E-state index is 9.78. The van der Waals surface area contributed by atoms with Gasteiger partial charge in [-0.3, -0.25) is 0 Å². The molecule has 0 unspecified atom stereocenters. The molecule has 9 aromatic rings. The molecule has 0 aliphatic carbocycles. The second-order valence-corrected chi connectivity index (χ2v) is 12.4. The fourth-order valence-electron chi connectivity index (χ4n) is 7.31. The lowest BCUT2D eigenvalue weighted by atomic mass is 9.97. The van der Waals surface area contributed by atoms with E-state index >= 15 is 0 Å². The first-order valence-electron chi connectivity index (χ1n) is 16.3. The summed E-state index contributed by atoms with van der Waals surface area (Å²) < 4.78 is 4.56. The predicted octanol–water partition coefficient (Wildman–Crippen LogP) is 10.8. The van der Waals surface area contributed by atoms with Gasteiger partial charge in [-0.25, -0.2) is 0 Å². The average Bonchev–Trinajstić information content (AvgIpc) is 3.70. The van der Waals surface area contributed by atoms with E-state index in [4.69, 9.17) is 0 Å². The number of rotatable bonds is 4. The highest BCUT2D eigenvalue weighted by Crippen LogP contribution is 2.39. The molecule has 9 rings (SSSR count). The van der Waals surface area contributed by atoms with Crippen LogP contribution in [0.5, 0.6) is 0 Å². The number of aromatic nitrogens is 2. The number of nitrogens with zero attached hydrogens (tertiary/aromatic N) is 5. The van der Waals surface area contributed by atoms with Gasteiger partial charge in [0.25, 0.3) is 0 Å². The molecule has 2 heterocycles. The van der Waals surface area contributed by atoms with Gasteiger partial charge in [0, 0.05) is 32.9 Å². The molecule has 50 heavy (non-hydrogen) atoms. The molecule has 0 aliphatic rings. The SMILES string of the molecule is N#Cc1cccc(-c2cccc(-c3cc(-n4c5ccccc5c5ccccc54)cc(-n4c5ccc(C#N)cc5c5cc(C#N)ccc54)c3)c2)c1. The van der Waals surface area contributed by atoms with E-state index in [0.29, 0.717) is 16.7 Å². The molecule has 0 amide bonds. The van der Waals surface area contributed by atoms with Crippen molar-refractivity contribution in [3.63, 3.8) is 0 Å². The smallest absolute Gasteiger partial charge is 0.0991 e. The molecule has 230 valence electrons. The van der Waals surface area contributed by atoms with E-state index in [9.17, 15) is 15.8 Å². The maximum atomic E-state index is 9.78. The lowest BCUT2D eigenvalue weighted by Crippen LogP contribution is -2.00. The molecular formula is C45H25N5. The largest absolute Gasteiger partial charge is 0.309 e. The normalized spacial score (nSPS) is 11.1. The summed E-state index contributed by atoms with van der Waals surface area (Å²) in [5.41, 5.74) is 11.9. The Morgan fingerprint density at radius 3 is 1.30 bits per heavy atom. The Balaban J connectivity index is 1.37. The van der Waals surface area contributed by atoms with Crippen LogP contribution >= 0.6 is 0 Å². The Bertz CT molecular complexity index is 2850. The molecule has 0 saturated carbocycles. The zero-order chi connectivity index (χ0) is 33.8. The van der Waals surface area contributed by atoms with Crippen LogP contribution in [0.4, 0.5) is 0 Å². The first kappa shape index (κ1) is 28.8. The van der Waals surface area contributed by atoms with E-state index < -0.39 is 0 Å². The van der Waals surface area contributed by atoms with Gasteiger partial charge in [-0.2, -0.15) is 15.8 Å². The molecule has 0 aliphatic heterocycles. The highest BCUT2D eigenvalue weighted by molar-refractivity contribution is 6.11. The van der Waals surface area contributed by atoms with Gasteiger partial charge in [-0.1, -0.05) is 66.7 Å². The molecule has 5 heteroatoms. The summed E-state index contributed by atoms with van der Waals surface area (Å²) in [7, 11) is 0. The third kappa shape index (κ3) is 4.53. The number of para-hydroxylation sites is 2. The second-order valence-electron chi connectivity index (χ2n) is 12.4. The van der Waals surface area contributed by atoms with Crippen LogP contribution in [0.25, 0.3) is 77.2 Å². The van der Waals surface area contributed by atoms with Gasteiger partial charge >= 0.3 is 0 Å². The highest BCUT2D eigenvalue weighted by Gasteiger charge is 2.18. The Kier molecular flexibility index (Phi) is 6.56. The van der Waals surface area contributed by atoms with Crippen molar-refractivity contribution in [2.75, 3.05) is 0 Å². The topological polar surface area (TPSA) is 81.2 Å². The Morgan fingerprint density at radius 1 is 0.320 bits per heavy atom. The number of hydrogen-bond acceptors (Lipinski definition) is 3. The van der Waals surface area contributed by atoms with Crippen molar-refractivity contribution >= 4 is 43.6 Å². The summed E-state index contributed by atoms with van der Waals surface area (Å²) in [5, 5.41) is 33.3. The minimum absolute atomic E-state index is 0.566. The summed E-state index contributed by atoms with van der Waals surface area (Å²) in [5.74, 6) is 0. The van der Waals surface area contributed by atoms with Gasteiger partial charge < -0.3 is 9.13 Å². The maximum Gasteiger partial charge on any atom is 0.0991 e. The van der Waals surface area contributed by atoms with E-state index in [0.717, 1.165) is 66.5 Å². The van der Waals surface area contributed by atoms with Crippen molar-refractivity contribution in [3.05, 3.63) is 168 Å². The fraction of sp³-hybridized carbons (Fsp3) is 0. The van der Waals surface area contributed by atoms with Gasteiger partial charge in [-0.15, -0.1) is 0 Å². The molecule has 0 radical (unpaired) electrons. The van der Waals surface area contributed by atoms with Crippen molar-refractivity contribution < 1.29 is 0 Å².